The number of hydrogen-bond donors (Lipinski definition) is 2. The number of ether oxygens (including phenoxy) is 2. The summed E-state index contributed by atoms with van der Waals surface area (Å²) >= 11 is 0. The van der Waals surface area contributed by atoms with Crippen molar-refractivity contribution in [2.45, 2.75) is 31.3 Å². The van der Waals surface area contributed by atoms with Gasteiger partial charge in [-0.3, -0.25) is 4.79 Å². The van der Waals surface area contributed by atoms with Gasteiger partial charge in [0.25, 0.3) is 0 Å². The van der Waals surface area contributed by atoms with Crippen LogP contribution in [0.4, 0.5) is 0 Å². The second-order valence-corrected chi connectivity index (χ2v) is 4.66. The summed E-state index contributed by atoms with van der Waals surface area (Å²) in [4.78, 5) is 11.1. The second-order valence-electron chi connectivity index (χ2n) is 4.66. The molecule has 2 atom stereocenters. The van der Waals surface area contributed by atoms with Crippen LogP contribution in [0.3, 0.4) is 0 Å². The Labute approximate surface area is 95.7 Å². The molecule has 0 bridgehead atoms. The summed E-state index contributed by atoms with van der Waals surface area (Å²) in [7, 11) is 0. The van der Waals surface area contributed by atoms with Gasteiger partial charge < -0.3 is 20.5 Å². The number of amides is 1. The van der Waals surface area contributed by atoms with Gasteiger partial charge >= 0.3 is 0 Å². The average Bonchev–Trinajstić information content (AvgIpc) is 2.91. The molecule has 2 rings (SSSR count). The molecule has 1 heterocycles. The minimum absolute atomic E-state index is 0.324. The second kappa shape index (κ2) is 5.61. The smallest absolute Gasteiger partial charge is 0.236 e. The number of rotatable bonds is 7. The Morgan fingerprint density at radius 2 is 2.31 bits per heavy atom. The van der Waals surface area contributed by atoms with Crippen molar-refractivity contribution in [2.75, 3.05) is 26.4 Å². The zero-order valence-electron chi connectivity index (χ0n) is 9.48. The molecule has 0 aromatic rings. The third kappa shape index (κ3) is 3.73. The molecule has 3 N–H and O–H groups in total. The Bertz CT molecular complexity index is 237. The number of nitrogens with one attached hydrogen (secondary N) is 1. The van der Waals surface area contributed by atoms with Crippen molar-refractivity contribution >= 4 is 5.91 Å². The molecule has 1 aliphatic heterocycles. The molecule has 16 heavy (non-hydrogen) atoms. The number of carbonyl (C=O) groups excluding carboxylic acids is 1. The van der Waals surface area contributed by atoms with Crippen LogP contribution in [-0.2, 0) is 14.3 Å². The third-order valence-electron chi connectivity index (χ3n) is 3.02. The highest BCUT2D eigenvalue weighted by Gasteiger charge is 2.27. The van der Waals surface area contributed by atoms with Crippen LogP contribution in [0.1, 0.15) is 19.3 Å². The first-order chi connectivity index (χ1) is 7.75. The van der Waals surface area contributed by atoms with Crippen molar-refractivity contribution in [1.82, 2.24) is 5.32 Å². The average molecular weight is 228 g/mol. The molecule has 5 heteroatoms. The summed E-state index contributed by atoms with van der Waals surface area (Å²) in [6.45, 7) is 2.64. The van der Waals surface area contributed by atoms with Gasteiger partial charge in [-0.05, 0) is 19.3 Å². The highest BCUT2D eigenvalue weighted by atomic mass is 16.5. The van der Waals surface area contributed by atoms with Crippen LogP contribution in [0.5, 0.6) is 0 Å². The molecule has 2 aliphatic rings. The maximum absolute atomic E-state index is 11.1. The first-order valence-corrected chi connectivity index (χ1v) is 5.96. The predicted octanol–water partition coefficient (Wildman–Crippen LogP) is -0.355. The van der Waals surface area contributed by atoms with Gasteiger partial charge in [-0.2, -0.15) is 0 Å². The highest BCUT2D eigenvalue weighted by molar-refractivity contribution is 5.80. The fraction of sp³-hybridized carbons (Fsp3) is 0.909. The summed E-state index contributed by atoms with van der Waals surface area (Å²) in [6, 6.07) is 0.130. The van der Waals surface area contributed by atoms with Gasteiger partial charge in [-0.25, -0.2) is 0 Å². The lowest BCUT2D eigenvalue weighted by Gasteiger charge is -2.16. The van der Waals surface area contributed by atoms with E-state index in [9.17, 15) is 4.79 Å². The molecule has 0 radical (unpaired) electrons. The van der Waals surface area contributed by atoms with Gasteiger partial charge in [0.2, 0.25) is 5.91 Å². The van der Waals surface area contributed by atoms with Crippen LogP contribution in [0.15, 0.2) is 0 Å². The number of carbonyl (C=O) groups is 1. The molecular formula is C11H20N2O3. The Morgan fingerprint density at radius 3 is 2.88 bits per heavy atom. The monoisotopic (exact) mass is 228 g/mol. The van der Waals surface area contributed by atoms with Crippen molar-refractivity contribution in [2.24, 2.45) is 11.7 Å². The third-order valence-corrected chi connectivity index (χ3v) is 3.02. The van der Waals surface area contributed by atoms with Crippen LogP contribution >= 0.6 is 0 Å². The number of nitrogens with two attached hydrogens (primary N) is 1. The topological polar surface area (TPSA) is 73.6 Å². The lowest BCUT2D eigenvalue weighted by molar-refractivity contribution is -0.121. The van der Waals surface area contributed by atoms with Crippen LogP contribution in [0.2, 0.25) is 0 Å². The first-order valence-electron chi connectivity index (χ1n) is 5.96. The van der Waals surface area contributed by atoms with E-state index in [1.165, 1.54) is 0 Å². The predicted molar refractivity (Wildman–Crippen MR) is 58.9 cm³/mol. The summed E-state index contributed by atoms with van der Waals surface area (Å²) in [6.07, 6.45) is 3.33. The maximum Gasteiger partial charge on any atom is 0.236 e. The number of primary amides is 1. The van der Waals surface area contributed by atoms with Crippen LogP contribution in [0, 0.1) is 5.92 Å². The fourth-order valence-corrected chi connectivity index (χ4v) is 1.81. The summed E-state index contributed by atoms with van der Waals surface area (Å²) in [5.74, 6) is 0.157. The van der Waals surface area contributed by atoms with Gasteiger partial charge in [0.15, 0.2) is 0 Å². The minimum atomic E-state index is -0.338. The first kappa shape index (κ1) is 11.8. The Morgan fingerprint density at radius 1 is 1.50 bits per heavy atom. The number of hydrogen-bond acceptors (Lipinski definition) is 4. The van der Waals surface area contributed by atoms with Gasteiger partial charge in [-0.1, -0.05) is 0 Å². The van der Waals surface area contributed by atoms with Crippen molar-refractivity contribution in [3.8, 4) is 0 Å². The van der Waals surface area contributed by atoms with Gasteiger partial charge in [0, 0.05) is 18.6 Å². The summed E-state index contributed by atoms with van der Waals surface area (Å²) < 4.78 is 10.8. The molecule has 2 unspecified atom stereocenters. The summed E-state index contributed by atoms with van der Waals surface area (Å²) in [5, 5.41) is 3.18. The molecule has 1 saturated carbocycles. The molecule has 1 aliphatic carbocycles. The van der Waals surface area contributed by atoms with E-state index in [2.05, 4.69) is 5.32 Å². The highest BCUT2D eigenvalue weighted by Crippen LogP contribution is 2.19. The standard InChI is InChI=1S/C11H20N2O3/c12-11(14)10(13-9-1-2-9)7-16-6-8-3-4-15-5-8/h8-10,13H,1-7H2,(H2,12,14). The molecule has 5 nitrogen and oxygen atoms in total. The normalized spacial score (nSPS) is 26.9. The molecule has 0 spiro atoms. The minimum Gasteiger partial charge on any atom is -0.381 e. The van der Waals surface area contributed by atoms with E-state index in [4.69, 9.17) is 15.2 Å². The quantitative estimate of drug-likeness (QED) is 0.624. The van der Waals surface area contributed by atoms with Crippen molar-refractivity contribution < 1.29 is 14.3 Å². The van der Waals surface area contributed by atoms with E-state index in [1.807, 2.05) is 0 Å². The van der Waals surface area contributed by atoms with Crippen molar-refractivity contribution in [1.29, 1.82) is 0 Å². The SMILES string of the molecule is NC(=O)C(COCC1CCOC1)NC1CC1. The molecule has 92 valence electrons. The largest absolute Gasteiger partial charge is 0.381 e. The van der Waals surface area contributed by atoms with E-state index in [0.717, 1.165) is 32.5 Å². The maximum atomic E-state index is 11.1. The molecule has 1 saturated heterocycles. The Kier molecular flexibility index (Phi) is 4.15. The van der Waals surface area contributed by atoms with Crippen LogP contribution < -0.4 is 11.1 Å². The Balaban J connectivity index is 1.62. The molecular weight excluding hydrogens is 208 g/mol. The van der Waals surface area contributed by atoms with Crippen molar-refractivity contribution in [3.05, 3.63) is 0 Å². The van der Waals surface area contributed by atoms with Crippen LogP contribution in [0.25, 0.3) is 0 Å². The van der Waals surface area contributed by atoms with Gasteiger partial charge in [0.1, 0.15) is 6.04 Å². The molecule has 1 amide bonds. The van der Waals surface area contributed by atoms with E-state index < -0.39 is 0 Å². The fourth-order valence-electron chi connectivity index (χ4n) is 1.81. The summed E-state index contributed by atoms with van der Waals surface area (Å²) in [5.41, 5.74) is 5.30. The molecule has 0 aromatic heterocycles. The lowest BCUT2D eigenvalue weighted by Crippen LogP contribution is -2.45. The zero-order valence-corrected chi connectivity index (χ0v) is 9.48. The van der Waals surface area contributed by atoms with E-state index >= 15 is 0 Å². The van der Waals surface area contributed by atoms with Crippen LogP contribution in [-0.4, -0.2) is 44.4 Å². The lowest BCUT2D eigenvalue weighted by atomic mass is 10.1. The van der Waals surface area contributed by atoms with Gasteiger partial charge in [0.05, 0.1) is 19.8 Å². The van der Waals surface area contributed by atoms with Crippen molar-refractivity contribution in [3.63, 3.8) is 0 Å². The van der Waals surface area contributed by atoms with E-state index in [-0.39, 0.29) is 11.9 Å². The van der Waals surface area contributed by atoms with E-state index in [0.29, 0.717) is 25.2 Å². The molecule has 2 fully saturated rings. The van der Waals surface area contributed by atoms with E-state index in [1.54, 1.807) is 0 Å². The molecule has 0 aromatic carbocycles. The van der Waals surface area contributed by atoms with Gasteiger partial charge in [-0.15, -0.1) is 0 Å². The Hall–Kier alpha value is -0.650. The zero-order chi connectivity index (χ0) is 11.4.